The minimum Gasteiger partial charge on any atom is -0.397 e. The molecule has 62 valence electrons. The number of benzene rings is 1. The number of aryl methyl sites for hydroxylation is 1. The molecule has 12 heavy (non-hydrogen) atoms. The average molecular weight is 198 g/mol. The Kier molecular flexibility index (Phi) is 1.74. The van der Waals surface area contributed by atoms with Gasteiger partial charge in [-0.15, -0.1) is 11.3 Å². The standard InChI is InChI=1S/C9H8ClNS/c1-5-2-6-3-7(10)8(11)4-9(6)12-5/h2-4H,11H2,1H3. The van der Waals surface area contributed by atoms with Crippen molar-refractivity contribution >= 4 is 38.7 Å². The van der Waals surface area contributed by atoms with Crippen LogP contribution in [-0.2, 0) is 0 Å². The number of halogens is 1. The molecule has 0 saturated carbocycles. The molecule has 0 radical (unpaired) electrons. The molecule has 0 aliphatic rings. The van der Waals surface area contributed by atoms with Crippen LogP contribution in [0.2, 0.25) is 5.02 Å². The van der Waals surface area contributed by atoms with Crippen LogP contribution in [0.5, 0.6) is 0 Å². The molecular formula is C9H8ClNS. The van der Waals surface area contributed by atoms with Gasteiger partial charge in [0.15, 0.2) is 0 Å². The maximum absolute atomic E-state index is 5.88. The van der Waals surface area contributed by atoms with E-state index < -0.39 is 0 Å². The van der Waals surface area contributed by atoms with Crippen LogP contribution in [0.4, 0.5) is 5.69 Å². The Morgan fingerprint density at radius 3 is 2.83 bits per heavy atom. The SMILES string of the molecule is Cc1cc2cc(Cl)c(N)cc2s1. The molecule has 0 fully saturated rings. The molecule has 0 aliphatic carbocycles. The first-order valence-corrected chi connectivity index (χ1v) is 4.81. The van der Waals surface area contributed by atoms with Crippen molar-refractivity contribution in [3.63, 3.8) is 0 Å². The molecule has 0 saturated heterocycles. The van der Waals surface area contributed by atoms with Crippen LogP contribution in [0.1, 0.15) is 4.88 Å². The van der Waals surface area contributed by atoms with Gasteiger partial charge in [-0.2, -0.15) is 0 Å². The van der Waals surface area contributed by atoms with Crippen LogP contribution in [-0.4, -0.2) is 0 Å². The van der Waals surface area contributed by atoms with Gasteiger partial charge in [0, 0.05) is 9.58 Å². The third-order valence-corrected chi connectivity index (χ3v) is 3.10. The minimum absolute atomic E-state index is 0.639. The predicted molar refractivity (Wildman–Crippen MR) is 56.0 cm³/mol. The third-order valence-electron chi connectivity index (χ3n) is 1.76. The Morgan fingerprint density at radius 2 is 2.08 bits per heavy atom. The summed E-state index contributed by atoms with van der Waals surface area (Å²) in [6, 6.07) is 5.95. The highest BCUT2D eigenvalue weighted by Crippen LogP contribution is 2.31. The van der Waals surface area contributed by atoms with Crippen molar-refractivity contribution in [2.45, 2.75) is 6.92 Å². The molecule has 0 atom stereocenters. The van der Waals surface area contributed by atoms with Gasteiger partial charge in [0.25, 0.3) is 0 Å². The number of hydrogen-bond acceptors (Lipinski definition) is 2. The summed E-state index contributed by atoms with van der Waals surface area (Å²) in [5.74, 6) is 0. The van der Waals surface area contributed by atoms with Crippen LogP contribution in [0.3, 0.4) is 0 Å². The molecule has 1 heterocycles. The predicted octanol–water partition coefficient (Wildman–Crippen LogP) is 3.45. The zero-order valence-corrected chi connectivity index (χ0v) is 8.17. The summed E-state index contributed by atoms with van der Waals surface area (Å²) in [6.45, 7) is 2.08. The molecule has 2 N–H and O–H groups in total. The Morgan fingerprint density at radius 1 is 1.33 bits per heavy atom. The van der Waals surface area contributed by atoms with Crippen LogP contribution in [0.15, 0.2) is 18.2 Å². The highest BCUT2D eigenvalue weighted by molar-refractivity contribution is 7.19. The number of thiophene rings is 1. The number of anilines is 1. The summed E-state index contributed by atoms with van der Waals surface area (Å²) < 4.78 is 1.20. The molecule has 0 spiro atoms. The summed E-state index contributed by atoms with van der Waals surface area (Å²) in [5, 5.41) is 1.82. The molecular weight excluding hydrogens is 190 g/mol. The van der Waals surface area contributed by atoms with E-state index in [4.69, 9.17) is 17.3 Å². The first kappa shape index (κ1) is 7.90. The third kappa shape index (κ3) is 1.17. The van der Waals surface area contributed by atoms with E-state index >= 15 is 0 Å². The van der Waals surface area contributed by atoms with Crippen molar-refractivity contribution in [3.8, 4) is 0 Å². The zero-order chi connectivity index (χ0) is 8.72. The lowest BCUT2D eigenvalue weighted by Gasteiger charge is -1.96. The second kappa shape index (κ2) is 2.64. The summed E-state index contributed by atoms with van der Waals surface area (Å²) in [5.41, 5.74) is 6.33. The van der Waals surface area contributed by atoms with Crippen LogP contribution in [0, 0.1) is 6.92 Å². The fourth-order valence-corrected chi connectivity index (χ4v) is 2.33. The second-order valence-electron chi connectivity index (χ2n) is 2.77. The van der Waals surface area contributed by atoms with Crippen molar-refractivity contribution in [2.24, 2.45) is 0 Å². The molecule has 0 aliphatic heterocycles. The normalized spacial score (nSPS) is 10.8. The highest BCUT2D eigenvalue weighted by atomic mass is 35.5. The smallest absolute Gasteiger partial charge is 0.0642 e. The van der Waals surface area contributed by atoms with E-state index in [9.17, 15) is 0 Å². The van der Waals surface area contributed by atoms with E-state index in [-0.39, 0.29) is 0 Å². The zero-order valence-electron chi connectivity index (χ0n) is 6.60. The number of nitrogens with two attached hydrogens (primary N) is 1. The van der Waals surface area contributed by atoms with Crippen molar-refractivity contribution in [3.05, 3.63) is 28.1 Å². The Labute approximate surface area is 79.8 Å². The summed E-state index contributed by atoms with van der Waals surface area (Å²) in [4.78, 5) is 1.28. The summed E-state index contributed by atoms with van der Waals surface area (Å²) >= 11 is 7.61. The lowest BCUT2D eigenvalue weighted by Crippen LogP contribution is -1.83. The van der Waals surface area contributed by atoms with Gasteiger partial charge >= 0.3 is 0 Å². The maximum Gasteiger partial charge on any atom is 0.0642 e. The number of fused-ring (bicyclic) bond motifs is 1. The lowest BCUT2D eigenvalue weighted by molar-refractivity contribution is 1.65. The van der Waals surface area contributed by atoms with Gasteiger partial charge < -0.3 is 5.73 Å². The quantitative estimate of drug-likeness (QED) is 0.644. The van der Waals surface area contributed by atoms with Crippen LogP contribution < -0.4 is 5.73 Å². The highest BCUT2D eigenvalue weighted by Gasteiger charge is 2.02. The van der Waals surface area contributed by atoms with Gasteiger partial charge in [0.2, 0.25) is 0 Å². The van der Waals surface area contributed by atoms with Gasteiger partial charge in [-0.25, -0.2) is 0 Å². The fourth-order valence-electron chi connectivity index (χ4n) is 1.21. The minimum atomic E-state index is 0.639. The molecule has 1 aromatic carbocycles. The molecule has 2 aromatic rings. The molecule has 2 rings (SSSR count). The first-order chi connectivity index (χ1) is 5.66. The number of hydrogen-bond donors (Lipinski definition) is 1. The van der Waals surface area contributed by atoms with E-state index in [0.717, 1.165) is 0 Å². The topological polar surface area (TPSA) is 26.0 Å². The van der Waals surface area contributed by atoms with E-state index in [0.29, 0.717) is 10.7 Å². The van der Waals surface area contributed by atoms with Crippen LogP contribution in [0.25, 0.3) is 10.1 Å². The molecule has 0 unspecified atom stereocenters. The van der Waals surface area contributed by atoms with E-state index in [1.54, 1.807) is 11.3 Å². The van der Waals surface area contributed by atoms with E-state index in [2.05, 4.69) is 13.0 Å². The van der Waals surface area contributed by atoms with Gasteiger partial charge in [0.05, 0.1) is 10.7 Å². The maximum atomic E-state index is 5.88. The van der Waals surface area contributed by atoms with E-state index in [1.165, 1.54) is 15.0 Å². The Balaban J connectivity index is 2.83. The number of nitrogen functional groups attached to an aromatic ring is 1. The molecule has 1 nitrogen and oxygen atoms in total. The van der Waals surface area contributed by atoms with Gasteiger partial charge in [-0.05, 0) is 30.5 Å². The van der Waals surface area contributed by atoms with Crippen molar-refractivity contribution < 1.29 is 0 Å². The van der Waals surface area contributed by atoms with Gasteiger partial charge in [-0.3, -0.25) is 0 Å². The summed E-state index contributed by atoms with van der Waals surface area (Å²) in [7, 11) is 0. The monoisotopic (exact) mass is 197 g/mol. The first-order valence-electron chi connectivity index (χ1n) is 3.62. The fraction of sp³-hybridized carbons (Fsp3) is 0.111. The van der Waals surface area contributed by atoms with Crippen molar-refractivity contribution in [1.82, 2.24) is 0 Å². The number of rotatable bonds is 0. The van der Waals surface area contributed by atoms with Crippen molar-refractivity contribution in [1.29, 1.82) is 0 Å². The van der Waals surface area contributed by atoms with Gasteiger partial charge in [-0.1, -0.05) is 11.6 Å². The molecule has 1 aromatic heterocycles. The molecule has 0 bridgehead atoms. The summed E-state index contributed by atoms with van der Waals surface area (Å²) in [6.07, 6.45) is 0. The van der Waals surface area contributed by atoms with Crippen LogP contribution >= 0.6 is 22.9 Å². The Hall–Kier alpha value is -0.730. The van der Waals surface area contributed by atoms with Gasteiger partial charge in [0.1, 0.15) is 0 Å². The van der Waals surface area contributed by atoms with Crippen molar-refractivity contribution in [2.75, 3.05) is 5.73 Å². The second-order valence-corrected chi connectivity index (χ2v) is 4.46. The largest absolute Gasteiger partial charge is 0.397 e. The Bertz CT molecular complexity index is 394. The molecule has 0 amide bonds. The molecule has 3 heteroatoms. The lowest BCUT2D eigenvalue weighted by atomic mass is 10.2. The average Bonchev–Trinajstić information content (AvgIpc) is 2.30. The van der Waals surface area contributed by atoms with E-state index in [1.807, 2.05) is 12.1 Å².